The Morgan fingerprint density at radius 3 is 2.48 bits per heavy atom. The summed E-state index contributed by atoms with van der Waals surface area (Å²) < 4.78 is 3.00. The van der Waals surface area contributed by atoms with E-state index in [1.807, 2.05) is 47.0 Å². The maximum absolute atomic E-state index is 4.69. The van der Waals surface area contributed by atoms with Crippen LogP contribution in [-0.2, 0) is 0 Å². The fourth-order valence-corrected chi connectivity index (χ4v) is 3.83. The van der Waals surface area contributed by atoms with Crippen molar-refractivity contribution >= 4 is 38.9 Å². The van der Waals surface area contributed by atoms with E-state index in [2.05, 4.69) is 50.0 Å². The zero-order valence-electron chi connectivity index (χ0n) is 10.8. The van der Waals surface area contributed by atoms with Crippen LogP contribution in [0, 0.1) is 3.57 Å². The van der Waals surface area contributed by atoms with Crippen molar-refractivity contribution in [1.82, 2.24) is 19.8 Å². The average molecular weight is 404 g/mol. The van der Waals surface area contributed by atoms with Crippen LogP contribution < -0.4 is 0 Å². The first-order valence-corrected chi connectivity index (χ1v) is 8.25. The molecule has 0 bridgehead atoms. The molecule has 0 saturated carbocycles. The molecule has 0 atom stereocenters. The summed E-state index contributed by atoms with van der Waals surface area (Å²) >= 11 is 3.88. The normalized spacial score (nSPS) is 11.1. The van der Waals surface area contributed by atoms with Crippen molar-refractivity contribution in [3.8, 4) is 22.0 Å². The summed E-state index contributed by atoms with van der Waals surface area (Å²) in [7, 11) is 0. The predicted molar refractivity (Wildman–Crippen MR) is 92.2 cm³/mol. The Labute approximate surface area is 138 Å². The van der Waals surface area contributed by atoms with E-state index in [1.165, 1.54) is 3.57 Å². The van der Waals surface area contributed by atoms with E-state index in [1.54, 1.807) is 11.3 Å². The van der Waals surface area contributed by atoms with Crippen LogP contribution in [0.15, 0.2) is 54.6 Å². The zero-order chi connectivity index (χ0) is 14.2. The Kier molecular flexibility index (Phi) is 3.19. The van der Waals surface area contributed by atoms with Crippen LogP contribution in [0.2, 0.25) is 0 Å². The first kappa shape index (κ1) is 12.9. The summed E-state index contributed by atoms with van der Waals surface area (Å²) in [5.74, 6) is 0.777. The highest BCUT2D eigenvalue weighted by atomic mass is 127. The van der Waals surface area contributed by atoms with E-state index >= 15 is 0 Å². The lowest BCUT2D eigenvalue weighted by Gasteiger charge is -1.98. The van der Waals surface area contributed by atoms with Gasteiger partial charge >= 0.3 is 0 Å². The molecule has 0 aliphatic rings. The average Bonchev–Trinajstić information content (AvgIpc) is 3.08. The Morgan fingerprint density at radius 2 is 1.67 bits per heavy atom. The standard InChI is InChI=1S/C15H9IN4S/c16-12-9-5-4-8-11(12)14-19-20-13(17-18-15(20)21-14)10-6-2-1-3-7-10/h1-9H. The number of hydrogen-bond donors (Lipinski definition) is 0. The maximum Gasteiger partial charge on any atom is 0.235 e. The summed E-state index contributed by atoms with van der Waals surface area (Å²) in [4.78, 5) is 0.809. The van der Waals surface area contributed by atoms with Gasteiger partial charge in [-0.25, -0.2) is 0 Å². The van der Waals surface area contributed by atoms with E-state index in [9.17, 15) is 0 Å². The fourth-order valence-electron chi connectivity index (χ4n) is 2.13. The second-order valence-electron chi connectivity index (χ2n) is 4.47. The topological polar surface area (TPSA) is 43.1 Å². The van der Waals surface area contributed by atoms with Crippen LogP contribution in [0.5, 0.6) is 0 Å². The molecule has 0 saturated heterocycles. The molecule has 0 spiro atoms. The van der Waals surface area contributed by atoms with Gasteiger partial charge < -0.3 is 0 Å². The molecule has 21 heavy (non-hydrogen) atoms. The SMILES string of the molecule is Ic1ccccc1-c1nn2c(-c3ccccc3)nnc2s1. The van der Waals surface area contributed by atoms with Crippen LogP contribution in [0.4, 0.5) is 0 Å². The molecule has 2 heterocycles. The van der Waals surface area contributed by atoms with Crippen LogP contribution in [0.1, 0.15) is 0 Å². The molecule has 0 aliphatic heterocycles. The van der Waals surface area contributed by atoms with E-state index in [0.717, 1.165) is 26.9 Å². The van der Waals surface area contributed by atoms with Gasteiger partial charge in [-0.05, 0) is 28.7 Å². The van der Waals surface area contributed by atoms with Crippen molar-refractivity contribution in [1.29, 1.82) is 0 Å². The lowest BCUT2D eigenvalue weighted by Crippen LogP contribution is -1.91. The quantitative estimate of drug-likeness (QED) is 0.472. The predicted octanol–water partition coefficient (Wildman–Crippen LogP) is 4.12. The molecular formula is C15H9IN4S. The molecular weight excluding hydrogens is 395 g/mol. The van der Waals surface area contributed by atoms with Gasteiger partial charge in [0, 0.05) is 14.7 Å². The molecule has 4 aromatic rings. The van der Waals surface area contributed by atoms with Crippen molar-refractivity contribution < 1.29 is 0 Å². The van der Waals surface area contributed by atoms with Crippen molar-refractivity contribution in [2.24, 2.45) is 0 Å². The van der Waals surface area contributed by atoms with Crippen LogP contribution >= 0.6 is 33.9 Å². The van der Waals surface area contributed by atoms with Gasteiger partial charge in [0.25, 0.3) is 0 Å². The molecule has 102 valence electrons. The van der Waals surface area contributed by atoms with Crippen LogP contribution in [0.25, 0.3) is 26.9 Å². The van der Waals surface area contributed by atoms with Gasteiger partial charge in [0.15, 0.2) is 5.82 Å². The minimum Gasteiger partial charge on any atom is -0.182 e. The summed E-state index contributed by atoms with van der Waals surface area (Å²) in [6.07, 6.45) is 0. The van der Waals surface area contributed by atoms with Crippen molar-refractivity contribution in [3.63, 3.8) is 0 Å². The van der Waals surface area contributed by atoms with E-state index < -0.39 is 0 Å². The summed E-state index contributed by atoms with van der Waals surface area (Å²) in [5, 5.41) is 14.1. The van der Waals surface area contributed by atoms with Gasteiger partial charge in [-0.3, -0.25) is 0 Å². The number of halogens is 1. The van der Waals surface area contributed by atoms with Gasteiger partial charge in [0.05, 0.1) is 0 Å². The number of nitrogens with zero attached hydrogens (tertiary/aromatic N) is 4. The number of fused-ring (bicyclic) bond motifs is 1. The smallest absolute Gasteiger partial charge is 0.182 e. The summed E-state index contributed by atoms with van der Waals surface area (Å²) in [6.45, 7) is 0. The highest BCUT2D eigenvalue weighted by Gasteiger charge is 2.15. The molecule has 0 amide bonds. The minimum atomic E-state index is 0.777. The molecule has 0 N–H and O–H groups in total. The lowest BCUT2D eigenvalue weighted by molar-refractivity contribution is 0.970. The summed E-state index contributed by atoms with van der Waals surface area (Å²) in [6, 6.07) is 18.2. The number of aromatic nitrogens is 4. The number of benzene rings is 2. The molecule has 0 fully saturated rings. The van der Waals surface area contributed by atoms with Gasteiger partial charge in [0.2, 0.25) is 4.96 Å². The Hall–Kier alpha value is -1.80. The molecule has 2 aromatic heterocycles. The monoisotopic (exact) mass is 404 g/mol. The van der Waals surface area contributed by atoms with Gasteiger partial charge in [-0.15, -0.1) is 10.2 Å². The Balaban J connectivity index is 1.89. The van der Waals surface area contributed by atoms with Crippen molar-refractivity contribution in [2.45, 2.75) is 0 Å². The lowest BCUT2D eigenvalue weighted by atomic mass is 10.2. The molecule has 0 unspecified atom stereocenters. The molecule has 6 heteroatoms. The third-order valence-corrected chi connectivity index (χ3v) is 5.00. The first-order chi connectivity index (χ1) is 10.3. The molecule has 2 aromatic carbocycles. The van der Waals surface area contributed by atoms with E-state index in [0.29, 0.717) is 0 Å². The highest BCUT2D eigenvalue weighted by Crippen LogP contribution is 2.30. The largest absolute Gasteiger partial charge is 0.235 e. The third kappa shape index (κ3) is 2.24. The van der Waals surface area contributed by atoms with Crippen molar-refractivity contribution in [3.05, 3.63) is 58.2 Å². The summed E-state index contributed by atoms with van der Waals surface area (Å²) in [5.41, 5.74) is 2.15. The minimum absolute atomic E-state index is 0.777. The van der Waals surface area contributed by atoms with Gasteiger partial charge in [-0.1, -0.05) is 59.9 Å². The van der Waals surface area contributed by atoms with E-state index in [4.69, 9.17) is 0 Å². The Morgan fingerprint density at radius 1 is 0.905 bits per heavy atom. The second kappa shape index (κ2) is 5.19. The van der Waals surface area contributed by atoms with E-state index in [-0.39, 0.29) is 0 Å². The maximum atomic E-state index is 4.69. The molecule has 0 radical (unpaired) electrons. The number of rotatable bonds is 2. The number of hydrogen-bond acceptors (Lipinski definition) is 4. The van der Waals surface area contributed by atoms with Crippen LogP contribution in [-0.4, -0.2) is 19.8 Å². The van der Waals surface area contributed by atoms with Gasteiger partial charge in [0.1, 0.15) is 5.01 Å². The second-order valence-corrected chi connectivity index (χ2v) is 6.59. The first-order valence-electron chi connectivity index (χ1n) is 6.35. The third-order valence-electron chi connectivity index (χ3n) is 3.13. The Bertz CT molecular complexity index is 914. The highest BCUT2D eigenvalue weighted by molar-refractivity contribution is 14.1. The van der Waals surface area contributed by atoms with Crippen LogP contribution in [0.3, 0.4) is 0 Å². The van der Waals surface area contributed by atoms with Crippen molar-refractivity contribution in [2.75, 3.05) is 0 Å². The molecule has 4 nitrogen and oxygen atoms in total. The molecule has 4 rings (SSSR count). The zero-order valence-corrected chi connectivity index (χ0v) is 13.7. The van der Waals surface area contributed by atoms with Gasteiger partial charge in [-0.2, -0.15) is 9.61 Å². The fraction of sp³-hybridized carbons (Fsp3) is 0. The molecule has 0 aliphatic carbocycles.